The van der Waals surface area contributed by atoms with E-state index in [9.17, 15) is 0 Å². The van der Waals surface area contributed by atoms with E-state index >= 15 is 0 Å². The second-order valence-corrected chi connectivity index (χ2v) is 24.6. The number of para-hydroxylation sites is 4. The zero-order valence-corrected chi connectivity index (χ0v) is 56.2. The fourth-order valence-electron chi connectivity index (χ4n) is 12.5. The molecular weight excluding hydrogens is 1550 g/mol. The third-order valence-corrected chi connectivity index (χ3v) is 19.1. The Hall–Kier alpha value is -10.3. The topological polar surface area (TPSA) is 61.4 Å². The number of fused-ring (bicyclic) bond motifs is 8. The molecule has 0 aliphatic heterocycles. The van der Waals surface area contributed by atoms with Crippen LogP contribution in [0, 0.1) is 24.3 Å². The van der Waals surface area contributed by atoms with Gasteiger partial charge in [-0.25, -0.2) is 0 Å². The van der Waals surface area contributed by atoms with Crippen LogP contribution in [0.25, 0.3) is 164 Å². The van der Waals surface area contributed by atoms with Gasteiger partial charge in [-0.15, -0.1) is 95.1 Å². The van der Waals surface area contributed by atoms with Crippen LogP contribution in [0.3, 0.4) is 0 Å². The van der Waals surface area contributed by atoms with Gasteiger partial charge in [0.15, 0.2) is 0 Å². The summed E-state index contributed by atoms with van der Waals surface area (Å²) in [6, 6.07) is 117. The number of benzene rings is 12. The van der Waals surface area contributed by atoms with Crippen molar-refractivity contribution in [1.29, 1.82) is 0 Å². The van der Waals surface area contributed by atoms with Gasteiger partial charge >= 0.3 is 42.1 Å². The average molecular weight is 1600 g/mol. The van der Waals surface area contributed by atoms with Crippen molar-refractivity contribution in [3.8, 4) is 99.5 Å². The quantitative estimate of drug-likeness (QED) is 0.128. The Balaban J connectivity index is 0.000000152. The van der Waals surface area contributed by atoms with Crippen molar-refractivity contribution < 1.29 is 42.1 Å². The third kappa shape index (κ3) is 11.3. The predicted octanol–water partition coefficient (Wildman–Crippen LogP) is 22.1. The van der Waals surface area contributed by atoms with Crippen molar-refractivity contribution in [3.05, 3.63) is 328 Å². The number of thiazole rings is 2. The Kier molecular flexibility index (Phi) is 16.6. The van der Waals surface area contributed by atoms with Crippen molar-refractivity contribution in [2.24, 2.45) is 0 Å². The van der Waals surface area contributed by atoms with Crippen molar-refractivity contribution in [2.45, 2.75) is 0 Å². The second-order valence-electron chi connectivity index (χ2n) is 22.6. The van der Waals surface area contributed by atoms with Gasteiger partial charge in [-0.05, 0) is 121 Å². The molecule has 0 spiro atoms. The van der Waals surface area contributed by atoms with Gasteiger partial charge in [0.05, 0.1) is 11.0 Å². The smallest absolute Gasteiger partial charge is 0.346 e. The van der Waals surface area contributed by atoms with Crippen LogP contribution in [0.5, 0.6) is 0 Å². The number of hydrogen-bond donors (Lipinski definition) is 0. The number of aromatic nitrogens is 6. The Morgan fingerprint density at radius 2 is 0.745 bits per heavy atom. The zero-order valence-electron chi connectivity index (χ0n) is 50.0. The van der Waals surface area contributed by atoms with E-state index in [-0.39, 0.29) is 42.1 Å². The molecule has 0 radical (unpaired) electrons. The molecule has 12 aromatic carbocycles. The van der Waals surface area contributed by atoms with E-state index < -0.39 is 0 Å². The van der Waals surface area contributed by atoms with Crippen molar-refractivity contribution in [2.75, 3.05) is 0 Å². The van der Waals surface area contributed by atoms with E-state index in [4.69, 9.17) is 19.9 Å². The minimum absolute atomic E-state index is 0. The normalized spacial score (nSPS) is 11.2. The maximum Gasteiger partial charge on any atom is 2.00 e. The molecule has 0 saturated heterocycles. The summed E-state index contributed by atoms with van der Waals surface area (Å²) in [5, 5.41) is 6.57. The second kappa shape index (κ2) is 26.0. The van der Waals surface area contributed by atoms with Crippen LogP contribution >= 0.6 is 22.7 Å². The average Bonchev–Trinajstić information content (AvgIpc) is 1.59. The number of rotatable bonds is 10. The van der Waals surface area contributed by atoms with Crippen LogP contribution in [0.4, 0.5) is 0 Å². The maximum absolute atomic E-state index is 4.94. The molecule has 0 aliphatic carbocycles. The number of hydrogen-bond acceptors (Lipinski definition) is 6. The summed E-state index contributed by atoms with van der Waals surface area (Å²) in [4.78, 5) is 19.3. The van der Waals surface area contributed by atoms with E-state index in [0.29, 0.717) is 0 Å². The van der Waals surface area contributed by atoms with Gasteiger partial charge in [-0.3, -0.25) is 9.97 Å². The van der Waals surface area contributed by atoms with Crippen LogP contribution in [-0.4, -0.2) is 29.1 Å². The molecule has 0 atom stereocenters. The Labute approximate surface area is 580 Å². The molecule has 18 aromatic rings. The molecule has 18 rings (SSSR count). The molecule has 0 N–H and O–H groups in total. The van der Waals surface area contributed by atoms with Gasteiger partial charge < -0.3 is 19.1 Å². The van der Waals surface area contributed by atoms with Gasteiger partial charge in [0.1, 0.15) is 0 Å². The van der Waals surface area contributed by atoms with Crippen LogP contribution < -0.4 is 0 Å². The molecule has 6 heterocycles. The molecule has 0 bridgehead atoms. The van der Waals surface area contributed by atoms with Gasteiger partial charge in [-0.2, -0.15) is 22.7 Å². The largest absolute Gasteiger partial charge is 2.00 e. The van der Waals surface area contributed by atoms with Crippen molar-refractivity contribution in [3.63, 3.8) is 0 Å². The van der Waals surface area contributed by atoms with E-state index in [1.54, 1.807) is 22.7 Å². The van der Waals surface area contributed by atoms with E-state index in [2.05, 4.69) is 270 Å². The fourth-order valence-corrected chi connectivity index (χ4v) is 14.4. The Morgan fingerprint density at radius 3 is 1.27 bits per heavy atom. The monoisotopic (exact) mass is 1600 g/mol. The summed E-state index contributed by atoms with van der Waals surface area (Å²) < 4.78 is 6.91. The van der Waals surface area contributed by atoms with Gasteiger partial charge in [0.25, 0.3) is 0 Å². The Bertz CT molecular complexity index is 5680. The summed E-state index contributed by atoms with van der Waals surface area (Å²) in [7, 11) is 0. The first-order chi connectivity index (χ1) is 45.6. The molecule has 0 unspecified atom stereocenters. The molecule has 10 heteroatoms. The van der Waals surface area contributed by atoms with Crippen LogP contribution in [0.1, 0.15) is 0 Å². The molecule has 6 aromatic heterocycles. The summed E-state index contributed by atoms with van der Waals surface area (Å²) in [6.45, 7) is 0. The Morgan fingerprint density at radius 1 is 0.298 bits per heavy atom. The first kappa shape index (κ1) is 60.0. The van der Waals surface area contributed by atoms with E-state index in [0.717, 1.165) is 121 Å². The minimum Gasteiger partial charge on any atom is -0.346 e. The molecular formula is C84H50N6Pt2S2. The standard InChI is InChI=1S/2C42H25N3S.2Pt/c1-2-10-28(11-3-1)29-17-19-30(20-18-29)33-24-22-32(27-36(33)37-13-8-9-25-43-37)45-39-15-6-4-12-34(39)35-23-21-31(26-40(35)45)42-44-38-14-5-7-16-41(38)46-42;1-2-10-28(11-3-1)29-17-19-30(20-18-29)32-24-33(37-13-8-9-23-43-37)26-34(25-32)45-39-15-6-4-12-35(39)36-22-21-31(27-40(36)45)42-44-38-14-5-7-16-41(38)46-42;;/h2*1-25H;;/q2*-2;2*+2. The van der Waals surface area contributed by atoms with Crippen molar-refractivity contribution >= 4 is 86.7 Å². The van der Waals surface area contributed by atoms with E-state index in [1.807, 2.05) is 67.0 Å². The summed E-state index contributed by atoms with van der Waals surface area (Å²) in [5.74, 6) is 0. The first-order valence-electron chi connectivity index (χ1n) is 30.5. The third-order valence-electron chi connectivity index (χ3n) is 17.0. The predicted molar refractivity (Wildman–Crippen MR) is 382 cm³/mol. The molecule has 6 nitrogen and oxygen atoms in total. The summed E-state index contributed by atoms with van der Waals surface area (Å²) >= 11 is 3.40. The van der Waals surface area contributed by atoms with Gasteiger partial charge in [0, 0.05) is 42.8 Å². The molecule has 448 valence electrons. The zero-order chi connectivity index (χ0) is 60.9. The van der Waals surface area contributed by atoms with Crippen LogP contribution in [0.15, 0.2) is 304 Å². The molecule has 0 saturated carbocycles. The SMILES string of the molecule is [Pt+2].[Pt+2].[c-]1c(-c2ccccn2)cc(-c2ccc(-c3ccccc3)cc2)cc1-n1c2[c-]c(-c3nc4ccccc4s3)ccc2c2ccccc21.[c-]1c(-n2c3[c-]c(-c4nc5ccccc5s4)ccc3c3ccccc32)ccc(-c2ccc(-c3ccccc3)cc2)c1-c1ccccn1. The number of nitrogens with zero attached hydrogens (tertiary/aromatic N) is 6. The van der Waals surface area contributed by atoms with Gasteiger partial charge in [0.2, 0.25) is 0 Å². The number of pyridine rings is 2. The van der Waals surface area contributed by atoms with Gasteiger partial charge in [-0.1, -0.05) is 222 Å². The summed E-state index contributed by atoms with van der Waals surface area (Å²) in [5.41, 5.74) is 23.0. The first-order valence-corrected chi connectivity index (χ1v) is 32.1. The van der Waals surface area contributed by atoms with Crippen LogP contribution in [0.2, 0.25) is 0 Å². The maximum atomic E-state index is 4.94. The molecule has 0 aliphatic rings. The molecule has 0 amide bonds. The fraction of sp³-hybridized carbons (Fsp3) is 0. The molecule has 94 heavy (non-hydrogen) atoms. The minimum atomic E-state index is 0. The summed E-state index contributed by atoms with van der Waals surface area (Å²) in [6.07, 6.45) is 3.68. The van der Waals surface area contributed by atoms with E-state index in [1.165, 1.54) is 42.4 Å². The van der Waals surface area contributed by atoms with Crippen LogP contribution in [-0.2, 0) is 42.1 Å². The molecule has 0 fully saturated rings. The van der Waals surface area contributed by atoms with Crippen molar-refractivity contribution in [1.82, 2.24) is 29.1 Å².